The Balaban J connectivity index is 3.27. The summed E-state index contributed by atoms with van der Waals surface area (Å²) >= 11 is 9.19. The highest BCUT2D eigenvalue weighted by Gasteiger charge is 2.16. The third-order valence-corrected chi connectivity index (χ3v) is 2.96. The Bertz CT molecular complexity index is 454. The molecular weight excluding hydrogens is 293 g/mol. The monoisotopic (exact) mass is 301 g/mol. The van der Waals surface area contributed by atoms with Crippen LogP contribution in [0.1, 0.15) is 28.4 Å². The van der Waals surface area contributed by atoms with Gasteiger partial charge in [-0.05, 0) is 24.6 Å². The van der Waals surface area contributed by atoms with Crippen LogP contribution in [0.2, 0.25) is 5.02 Å². The van der Waals surface area contributed by atoms with E-state index in [2.05, 4.69) is 15.9 Å². The van der Waals surface area contributed by atoms with Gasteiger partial charge in [0.25, 0.3) is 0 Å². The Morgan fingerprint density at radius 3 is 2.81 bits per heavy atom. The molecule has 0 aliphatic carbocycles. The van der Waals surface area contributed by atoms with E-state index in [1.807, 2.05) is 6.07 Å². The molecule has 0 saturated heterocycles. The number of hydrogen-bond donors (Lipinski definition) is 0. The maximum atomic E-state index is 11.6. The Hall–Kier alpha value is -1.05. The van der Waals surface area contributed by atoms with Gasteiger partial charge in [0.2, 0.25) is 0 Å². The third kappa shape index (κ3) is 2.75. The van der Waals surface area contributed by atoms with Gasteiger partial charge in [0, 0.05) is 5.33 Å². The number of esters is 1. The molecule has 0 aliphatic heterocycles. The molecule has 1 rings (SSSR count). The molecule has 0 aromatic heterocycles. The van der Waals surface area contributed by atoms with Gasteiger partial charge in [-0.2, -0.15) is 5.26 Å². The van der Waals surface area contributed by atoms with Crippen LogP contribution in [0.5, 0.6) is 0 Å². The van der Waals surface area contributed by atoms with Crippen molar-refractivity contribution in [3.8, 4) is 6.07 Å². The molecule has 0 amide bonds. The second-order valence-corrected chi connectivity index (χ2v) is 3.91. The van der Waals surface area contributed by atoms with E-state index in [0.717, 1.165) is 5.56 Å². The van der Waals surface area contributed by atoms with E-state index in [4.69, 9.17) is 21.6 Å². The molecule has 1 aromatic rings. The molecule has 0 spiro atoms. The first-order valence-electron chi connectivity index (χ1n) is 4.59. The molecule has 1 aromatic carbocycles. The van der Waals surface area contributed by atoms with E-state index in [1.165, 1.54) is 0 Å². The summed E-state index contributed by atoms with van der Waals surface area (Å²) in [6.45, 7) is 1.99. The molecule has 0 fully saturated rings. The van der Waals surface area contributed by atoms with Crippen molar-refractivity contribution in [1.82, 2.24) is 0 Å². The fourth-order valence-corrected chi connectivity index (χ4v) is 1.75. The Labute approximate surface area is 107 Å². The van der Waals surface area contributed by atoms with E-state index < -0.39 is 5.97 Å². The summed E-state index contributed by atoms with van der Waals surface area (Å²) in [6.07, 6.45) is 0. The lowest BCUT2D eigenvalue weighted by atomic mass is 10.1. The molecule has 16 heavy (non-hydrogen) atoms. The zero-order valence-corrected chi connectivity index (χ0v) is 10.9. The van der Waals surface area contributed by atoms with Crippen molar-refractivity contribution in [3.05, 3.63) is 33.8 Å². The van der Waals surface area contributed by atoms with Crippen LogP contribution in [0, 0.1) is 11.3 Å². The van der Waals surface area contributed by atoms with Gasteiger partial charge in [-0.1, -0.05) is 27.5 Å². The summed E-state index contributed by atoms with van der Waals surface area (Å²) < 4.78 is 4.86. The molecule has 0 saturated carbocycles. The normalized spacial score (nSPS) is 9.62. The Kier molecular flexibility index (Phi) is 4.78. The van der Waals surface area contributed by atoms with Crippen molar-refractivity contribution in [2.75, 3.05) is 6.61 Å². The van der Waals surface area contributed by atoms with E-state index >= 15 is 0 Å². The minimum atomic E-state index is -0.508. The van der Waals surface area contributed by atoms with Gasteiger partial charge in [0.15, 0.2) is 0 Å². The predicted molar refractivity (Wildman–Crippen MR) is 64.8 cm³/mol. The minimum absolute atomic E-state index is 0.144. The summed E-state index contributed by atoms with van der Waals surface area (Å²) in [5, 5.41) is 9.56. The first kappa shape index (κ1) is 13.0. The van der Waals surface area contributed by atoms with Crippen molar-refractivity contribution in [2.45, 2.75) is 12.3 Å². The fourth-order valence-electron chi connectivity index (χ4n) is 1.20. The summed E-state index contributed by atoms with van der Waals surface area (Å²) in [6, 6.07) is 5.21. The lowest BCUT2D eigenvalue weighted by molar-refractivity contribution is 0.0526. The standard InChI is InChI=1S/C11H9BrClNO2/c1-2-16-11(15)9-4-7(5-12)3-8(6-14)10(9)13/h3-4H,2,5H2,1H3. The SMILES string of the molecule is CCOC(=O)c1cc(CBr)cc(C#N)c1Cl. The summed E-state index contributed by atoms with van der Waals surface area (Å²) in [7, 11) is 0. The average molecular weight is 303 g/mol. The Morgan fingerprint density at radius 1 is 1.62 bits per heavy atom. The molecule has 84 valence electrons. The van der Waals surface area contributed by atoms with Gasteiger partial charge < -0.3 is 4.74 Å². The zero-order chi connectivity index (χ0) is 12.1. The van der Waals surface area contributed by atoms with Crippen LogP contribution in [0.15, 0.2) is 12.1 Å². The number of ether oxygens (including phenoxy) is 1. The lowest BCUT2D eigenvalue weighted by Crippen LogP contribution is -2.07. The number of alkyl halides is 1. The number of hydrogen-bond acceptors (Lipinski definition) is 3. The van der Waals surface area contributed by atoms with Crippen LogP contribution in [0.25, 0.3) is 0 Å². The van der Waals surface area contributed by atoms with Crippen LogP contribution >= 0.6 is 27.5 Å². The molecule has 0 bridgehead atoms. The number of nitrogens with zero attached hydrogens (tertiary/aromatic N) is 1. The largest absolute Gasteiger partial charge is 0.462 e. The number of halogens is 2. The molecule has 5 heteroatoms. The van der Waals surface area contributed by atoms with Crippen molar-refractivity contribution in [1.29, 1.82) is 5.26 Å². The average Bonchev–Trinajstić information content (AvgIpc) is 2.29. The number of benzene rings is 1. The number of carbonyl (C=O) groups excluding carboxylic acids is 1. The van der Waals surface area contributed by atoms with E-state index in [9.17, 15) is 4.79 Å². The smallest absolute Gasteiger partial charge is 0.339 e. The van der Waals surface area contributed by atoms with E-state index in [-0.39, 0.29) is 22.8 Å². The van der Waals surface area contributed by atoms with Crippen molar-refractivity contribution in [2.24, 2.45) is 0 Å². The molecule has 0 radical (unpaired) electrons. The molecule has 3 nitrogen and oxygen atoms in total. The summed E-state index contributed by atoms with van der Waals surface area (Å²) in [5.41, 5.74) is 1.32. The van der Waals surface area contributed by atoms with E-state index in [1.54, 1.807) is 19.1 Å². The Morgan fingerprint density at radius 2 is 2.31 bits per heavy atom. The minimum Gasteiger partial charge on any atom is -0.462 e. The lowest BCUT2D eigenvalue weighted by Gasteiger charge is -2.07. The van der Waals surface area contributed by atoms with Crippen LogP contribution in [0.4, 0.5) is 0 Å². The molecule has 0 heterocycles. The van der Waals surface area contributed by atoms with Gasteiger partial charge in [0.1, 0.15) is 6.07 Å². The summed E-state index contributed by atoms with van der Waals surface area (Å²) in [5.74, 6) is -0.508. The predicted octanol–water partition coefficient (Wildman–Crippen LogP) is 3.28. The second-order valence-electron chi connectivity index (χ2n) is 2.97. The van der Waals surface area contributed by atoms with E-state index in [0.29, 0.717) is 5.33 Å². The van der Waals surface area contributed by atoms with Gasteiger partial charge in [0.05, 0.1) is 22.8 Å². The van der Waals surface area contributed by atoms with Gasteiger partial charge >= 0.3 is 5.97 Å². The van der Waals surface area contributed by atoms with Crippen LogP contribution in [0.3, 0.4) is 0 Å². The van der Waals surface area contributed by atoms with Gasteiger partial charge in [-0.15, -0.1) is 0 Å². The highest BCUT2D eigenvalue weighted by atomic mass is 79.9. The van der Waals surface area contributed by atoms with Crippen LogP contribution in [-0.2, 0) is 10.1 Å². The van der Waals surface area contributed by atoms with Crippen LogP contribution < -0.4 is 0 Å². The van der Waals surface area contributed by atoms with Gasteiger partial charge in [-0.25, -0.2) is 4.79 Å². The number of rotatable bonds is 3. The third-order valence-electron chi connectivity index (χ3n) is 1.90. The highest BCUT2D eigenvalue weighted by Crippen LogP contribution is 2.24. The maximum Gasteiger partial charge on any atom is 0.339 e. The summed E-state index contributed by atoms with van der Waals surface area (Å²) in [4.78, 5) is 11.6. The van der Waals surface area contributed by atoms with Gasteiger partial charge in [-0.3, -0.25) is 0 Å². The number of nitriles is 1. The van der Waals surface area contributed by atoms with Crippen molar-refractivity contribution >= 4 is 33.5 Å². The maximum absolute atomic E-state index is 11.6. The van der Waals surface area contributed by atoms with Crippen molar-refractivity contribution in [3.63, 3.8) is 0 Å². The molecule has 0 aliphatic rings. The topological polar surface area (TPSA) is 50.1 Å². The first-order valence-corrected chi connectivity index (χ1v) is 6.09. The quantitative estimate of drug-likeness (QED) is 0.636. The molecule has 0 N–H and O–H groups in total. The first-order chi connectivity index (χ1) is 7.63. The number of carbonyl (C=O) groups is 1. The molecular formula is C11H9BrClNO2. The zero-order valence-electron chi connectivity index (χ0n) is 8.59. The van der Waals surface area contributed by atoms with Crippen molar-refractivity contribution < 1.29 is 9.53 Å². The molecule has 0 atom stereocenters. The van der Waals surface area contributed by atoms with Crippen LogP contribution in [-0.4, -0.2) is 12.6 Å². The molecule has 0 unspecified atom stereocenters. The fraction of sp³-hybridized carbons (Fsp3) is 0.273. The second kappa shape index (κ2) is 5.88. The highest BCUT2D eigenvalue weighted by molar-refractivity contribution is 9.08.